The fraction of sp³-hybridized carbons (Fsp3) is 0.312. The third kappa shape index (κ3) is 3.07. The smallest absolute Gasteiger partial charge is 0.127 e. The third-order valence-corrected chi connectivity index (χ3v) is 3.84. The number of aromatic nitrogens is 1. The van der Waals surface area contributed by atoms with Crippen LogP contribution >= 0.6 is 0 Å². The summed E-state index contributed by atoms with van der Waals surface area (Å²) in [4.78, 5) is 8.88. The number of benzene rings is 1. The lowest BCUT2D eigenvalue weighted by Gasteiger charge is -2.37. The summed E-state index contributed by atoms with van der Waals surface area (Å²) in [6.45, 7) is 3.76. The first-order valence-electron chi connectivity index (χ1n) is 7.15. The predicted octanol–water partition coefficient (Wildman–Crippen LogP) is 2.59. The Morgan fingerprint density at radius 2 is 1.57 bits per heavy atom. The summed E-state index contributed by atoms with van der Waals surface area (Å²) in [5.41, 5.74) is 2.27. The molecular weight excluding hydrogens is 267 g/mol. The molecule has 1 N–H and O–H groups in total. The highest BCUT2D eigenvalue weighted by Gasteiger charge is 2.17. The van der Waals surface area contributed by atoms with Gasteiger partial charge in [-0.2, -0.15) is 0 Å². The van der Waals surface area contributed by atoms with Crippen molar-refractivity contribution in [1.82, 2.24) is 4.98 Å². The zero-order chi connectivity index (χ0) is 14.7. The van der Waals surface area contributed by atoms with E-state index in [4.69, 9.17) is 0 Å². The standard InChI is InChI=1S/C16H19FN4/c1-18-16-12-15(6-7-19-16)21-10-8-20(9-11-21)14-4-2-13(17)3-5-14/h2-7,12H,8-11H2,1H3,(H,18,19). The Hall–Kier alpha value is -2.30. The minimum Gasteiger partial charge on any atom is -0.373 e. The minimum absolute atomic E-state index is 0.186. The molecule has 21 heavy (non-hydrogen) atoms. The number of hydrogen-bond acceptors (Lipinski definition) is 4. The van der Waals surface area contributed by atoms with E-state index in [-0.39, 0.29) is 5.82 Å². The molecule has 0 saturated carbocycles. The van der Waals surface area contributed by atoms with Gasteiger partial charge in [0.2, 0.25) is 0 Å². The Bertz CT molecular complexity index is 591. The zero-order valence-electron chi connectivity index (χ0n) is 12.1. The van der Waals surface area contributed by atoms with Crippen molar-refractivity contribution >= 4 is 17.2 Å². The van der Waals surface area contributed by atoms with E-state index in [1.807, 2.05) is 31.4 Å². The number of piperazine rings is 1. The van der Waals surface area contributed by atoms with Crippen LogP contribution in [0.25, 0.3) is 0 Å². The van der Waals surface area contributed by atoms with Crippen molar-refractivity contribution in [2.45, 2.75) is 0 Å². The number of rotatable bonds is 3. The lowest BCUT2D eigenvalue weighted by molar-refractivity contribution is 0.625. The zero-order valence-corrected chi connectivity index (χ0v) is 12.1. The van der Waals surface area contributed by atoms with E-state index in [0.29, 0.717) is 0 Å². The van der Waals surface area contributed by atoms with Gasteiger partial charge in [-0.25, -0.2) is 9.37 Å². The predicted molar refractivity (Wildman–Crippen MR) is 84.6 cm³/mol. The molecule has 0 aliphatic carbocycles. The molecule has 0 atom stereocenters. The largest absolute Gasteiger partial charge is 0.373 e. The summed E-state index contributed by atoms with van der Waals surface area (Å²) >= 11 is 0. The van der Waals surface area contributed by atoms with Crippen LogP contribution in [0.5, 0.6) is 0 Å². The quantitative estimate of drug-likeness (QED) is 0.940. The lowest BCUT2D eigenvalue weighted by atomic mass is 10.2. The molecule has 0 unspecified atom stereocenters. The molecule has 0 spiro atoms. The van der Waals surface area contributed by atoms with Crippen LogP contribution in [0, 0.1) is 5.82 Å². The molecule has 4 nitrogen and oxygen atoms in total. The summed E-state index contributed by atoms with van der Waals surface area (Å²) in [6.07, 6.45) is 1.83. The molecule has 0 bridgehead atoms. The molecule has 110 valence electrons. The molecule has 2 aromatic rings. The molecule has 3 rings (SSSR count). The second kappa shape index (κ2) is 5.99. The van der Waals surface area contributed by atoms with Gasteiger partial charge >= 0.3 is 0 Å². The highest BCUT2D eigenvalue weighted by atomic mass is 19.1. The Labute approximate surface area is 124 Å². The monoisotopic (exact) mass is 286 g/mol. The highest BCUT2D eigenvalue weighted by Crippen LogP contribution is 2.22. The Morgan fingerprint density at radius 3 is 2.19 bits per heavy atom. The van der Waals surface area contributed by atoms with Crippen molar-refractivity contribution in [3.05, 3.63) is 48.4 Å². The number of pyridine rings is 1. The molecule has 1 aliphatic rings. The van der Waals surface area contributed by atoms with Crippen molar-refractivity contribution in [2.75, 3.05) is 48.3 Å². The van der Waals surface area contributed by atoms with Gasteiger partial charge in [-0.15, -0.1) is 0 Å². The summed E-state index contributed by atoms with van der Waals surface area (Å²) < 4.78 is 13.0. The van der Waals surface area contributed by atoms with Crippen molar-refractivity contribution < 1.29 is 4.39 Å². The van der Waals surface area contributed by atoms with Gasteiger partial charge in [-0.05, 0) is 30.3 Å². The first-order valence-corrected chi connectivity index (χ1v) is 7.15. The van der Waals surface area contributed by atoms with Gasteiger partial charge in [-0.3, -0.25) is 0 Å². The summed E-state index contributed by atoms with van der Waals surface area (Å²) in [5, 5.41) is 3.06. The number of nitrogens with zero attached hydrogens (tertiary/aromatic N) is 3. The molecular formula is C16H19FN4. The molecule has 1 aromatic carbocycles. The number of hydrogen-bond donors (Lipinski definition) is 1. The third-order valence-electron chi connectivity index (χ3n) is 3.84. The second-order valence-electron chi connectivity index (χ2n) is 5.10. The topological polar surface area (TPSA) is 31.4 Å². The van der Waals surface area contributed by atoms with Crippen LogP contribution in [0.2, 0.25) is 0 Å². The van der Waals surface area contributed by atoms with Gasteiger partial charge in [0.15, 0.2) is 0 Å². The van der Waals surface area contributed by atoms with Crippen LogP contribution < -0.4 is 15.1 Å². The molecule has 5 heteroatoms. The van der Waals surface area contributed by atoms with Crippen molar-refractivity contribution in [3.63, 3.8) is 0 Å². The first kappa shape index (κ1) is 13.7. The van der Waals surface area contributed by atoms with Crippen molar-refractivity contribution in [3.8, 4) is 0 Å². The maximum Gasteiger partial charge on any atom is 0.127 e. The highest BCUT2D eigenvalue weighted by molar-refractivity contribution is 5.55. The van der Waals surface area contributed by atoms with Crippen LogP contribution in [-0.4, -0.2) is 38.2 Å². The van der Waals surface area contributed by atoms with Crippen LogP contribution in [0.4, 0.5) is 21.6 Å². The molecule has 1 aromatic heterocycles. The summed E-state index contributed by atoms with van der Waals surface area (Å²) in [6, 6.07) is 10.8. The normalized spacial score (nSPS) is 15.1. The van der Waals surface area contributed by atoms with Gasteiger partial charge < -0.3 is 15.1 Å². The van der Waals surface area contributed by atoms with Crippen LogP contribution in [-0.2, 0) is 0 Å². The van der Waals surface area contributed by atoms with E-state index < -0.39 is 0 Å². The van der Waals surface area contributed by atoms with Crippen LogP contribution in [0.15, 0.2) is 42.6 Å². The SMILES string of the molecule is CNc1cc(N2CCN(c3ccc(F)cc3)CC2)ccn1. The van der Waals surface area contributed by atoms with Gasteiger partial charge in [0.05, 0.1) is 0 Å². The lowest BCUT2D eigenvalue weighted by Crippen LogP contribution is -2.46. The van der Waals surface area contributed by atoms with Crippen molar-refractivity contribution in [2.24, 2.45) is 0 Å². The molecule has 2 heterocycles. The number of nitrogens with one attached hydrogen (secondary N) is 1. The van der Waals surface area contributed by atoms with E-state index >= 15 is 0 Å². The Morgan fingerprint density at radius 1 is 0.952 bits per heavy atom. The van der Waals surface area contributed by atoms with Gasteiger partial charge in [0, 0.05) is 56.9 Å². The fourth-order valence-electron chi connectivity index (χ4n) is 2.63. The van der Waals surface area contributed by atoms with Gasteiger partial charge in [-0.1, -0.05) is 0 Å². The molecule has 0 radical (unpaired) electrons. The Kier molecular flexibility index (Phi) is 3.90. The Balaban J connectivity index is 1.65. The average molecular weight is 286 g/mol. The first-order chi connectivity index (χ1) is 10.3. The number of halogens is 1. The van der Waals surface area contributed by atoms with Crippen LogP contribution in [0.1, 0.15) is 0 Å². The second-order valence-corrected chi connectivity index (χ2v) is 5.10. The minimum atomic E-state index is -0.186. The van der Waals surface area contributed by atoms with Gasteiger partial charge in [0.1, 0.15) is 11.6 Å². The molecule has 1 fully saturated rings. The maximum atomic E-state index is 13.0. The average Bonchev–Trinajstić information content (AvgIpc) is 2.56. The van der Waals surface area contributed by atoms with E-state index in [1.54, 1.807) is 0 Å². The van der Waals surface area contributed by atoms with E-state index in [1.165, 1.54) is 17.8 Å². The van der Waals surface area contributed by atoms with Crippen LogP contribution in [0.3, 0.4) is 0 Å². The molecule has 1 saturated heterocycles. The molecule has 0 amide bonds. The van der Waals surface area contributed by atoms with Crippen molar-refractivity contribution in [1.29, 1.82) is 0 Å². The maximum absolute atomic E-state index is 13.0. The van der Waals surface area contributed by atoms with E-state index in [9.17, 15) is 4.39 Å². The van der Waals surface area contributed by atoms with E-state index in [0.717, 1.165) is 37.7 Å². The fourth-order valence-corrected chi connectivity index (χ4v) is 2.63. The number of anilines is 3. The van der Waals surface area contributed by atoms with E-state index in [2.05, 4.69) is 26.2 Å². The summed E-state index contributed by atoms with van der Waals surface area (Å²) in [5.74, 6) is 0.697. The van der Waals surface area contributed by atoms with Gasteiger partial charge in [0.25, 0.3) is 0 Å². The molecule has 1 aliphatic heterocycles. The summed E-state index contributed by atoms with van der Waals surface area (Å²) in [7, 11) is 1.87.